The van der Waals surface area contributed by atoms with Crippen LogP contribution in [0.25, 0.3) is 0 Å². The fourth-order valence-corrected chi connectivity index (χ4v) is 3.91. The number of thioether (sulfide) groups is 1. The van der Waals surface area contributed by atoms with Crippen LogP contribution in [-0.2, 0) is 0 Å². The summed E-state index contributed by atoms with van der Waals surface area (Å²) in [6.07, 6.45) is 1.05. The molecule has 4 heteroatoms. The molecule has 2 atom stereocenters. The SMILES string of the molecule is CC(NC1CCSc2ccccc21)c1ccc(F)cc1O. The minimum Gasteiger partial charge on any atom is -0.508 e. The Hall–Kier alpha value is -1.52. The highest BCUT2D eigenvalue weighted by molar-refractivity contribution is 7.99. The summed E-state index contributed by atoms with van der Waals surface area (Å²) < 4.78 is 13.1. The standard InChI is InChI=1S/C17H18FNOS/c1-11(13-7-6-12(18)10-16(13)20)19-15-8-9-21-17-5-3-2-4-14(15)17/h2-7,10-11,15,19-20H,8-9H2,1H3. The molecular weight excluding hydrogens is 285 g/mol. The highest BCUT2D eigenvalue weighted by Crippen LogP contribution is 2.37. The van der Waals surface area contributed by atoms with Crippen LogP contribution in [0.3, 0.4) is 0 Å². The number of hydrogen-bond acceptors (Lipinski definition) is 3. The molecule has 1 aliphatic heterocycles. The number of halogens is 1. The third kappa shape index (κ3) is 3.06. The summed E-state index contributed by atoms with van der Waals surface area (Å²) >= 11 is 1.88. The lowest BCUT2D eigenvalue weighted by Gasteiger charge is -2.29. The number of aromatic hydroxyl groups is 1. The first-order valence-corrected chi connectivity index (χ1v) is 8.10. The Bertz CT molecular complexity index is 646. The molecule has 2 nitrogen and oxygen atoms in total. The van der Waals surface area contributed by atoms with Gasteiger partial charge in [-0.3, -0.25) is 0 Å². The quantitative estimate of drug-likeness (QED) is 0.880. The average Bonchev–Trinajstić information content (AvgIpc) is 2.47. The maximum absolute atomic E-state index is 13.1. The smallest absolute Gasteiger partial charge is 0.126 e. The minimum absolute atomic E-state index is 0.00784. The summed E-state index contributed by atoms with van der Waals surface area (Å²) in [7, 11) is 0. The fraction of sp³-hybridized carbons (Fsp3) is 0.294. The van der Waals surface area contributed by atoms with E-state index in [1.807, 2.05) is 18.7 Å². The molecule has 0 saturated heterocycles. The Kier molecular flexibility index (Phi) is 4.17. The van der Waals surface area contributed by atoms with E-state index in [0.717, 1.165) is 23.8 Å². The largest absolute Gasteiger partial charge is 0.508 e. The van der Waals surface area contributed by atoms with Gasteiger partial charge in [-0.25, -0.2) is 4.39 Å². The lowest BCUT2D eigenvalue weighted by atomic mass is 10.0. The second kappa shape index (κ2) is 6.08. The molecule has 0 spiro atoms. The molecule has 2 aromatic carbocycles. The van der Waals surface area contributed by atoms with Gasteiger partial charge in [-0.1, -0.05) is 24.3 Å². The molecule has 0 saturated carbocycles. The number of nitrogens with one attached hydrogen (secondary N) is 1. The van der Waals surface area contributed by atoms with Crippen molar-refractivity contribution in [2.45, 2.75) is 30.3 Å². The van der Waals surface area contributed by atoms with Crippen LogP contribution in [0.2, 0.25) is 0 Å². The van der Waals surface area contributed by atoms with Crippen molar-refractivity contribution in [3.8, 4) is 5.75 Å². The maximum Gasteiger partial charge on any atom is 0.126 e. The summed E-state index contributed by atoms with van der Waals surface area (Å²) in [5.74, 6) is 0.674. The average molecular weight is 303 g/mol. The summed E-state index contributed by atoms with van der Waals surface area (Å²) in [5, 5.41) is 13.5. The molecule has 0 bridgehead atoms. The lowest BCUT2D eigenvalue weighted by molar-refractivity contribution is 0.418. The zero-order valence-corrected chi connectivity index (χ0v) is 12.7. The molecule has 1 aliphatic rings. The molecular formula is C17H18FNOS. The van der Waals surface area contributed by atoms with Gasteiger partial charge in [0.25, 0.3) is 0 Å². The molecule has 2 unspecified atom stereocenters. The van der Waals surface area contributed by atoms with Gasteiger partial charge in [0.1, 0.15) is 11.6 Å². The van der Waals surface area contributed by atoms with Gasteiger partial charge in [0, 0.05) is 28.6 Å². The van der Waals surface area contributed by atoms with Crippen molar-refractivity contribution >= 4 is 11.8 Å². The van der Waals surface area contributed by atoms with Crippen LogP contribution in [0.1, 0.15) is 36.6 Å². The van der Waals surface area contributed by atoms with Crippen molar-refractivity contribution in [2.24, 2.45) is 0 Å². The van der Waals surface area contributed by atoms with Crippen molar-refractivity contribution in [2.75, 3.05) is 5.75 Å². The van der Waals surface area contributed by atoms with E-state index in [1.54, 1.807) is 6.07 Å². The van der Waals surface area contributed by atoms with E-state index < -0.39 is 5.82 Å². The van der Waals surface area contributed by atoms with Crippen LogP contribution in [0.4, 0.5) is 4.39 Å². The van der Waals surface area contributed by atoms with Gasteiger partial charge in [-0.2, -0.15) is 0 Å². The van der Waals surface area contributed by atoms with Crippen molar-refractivity contribution in [1.82, 2.24) is 5.32 Å². The monoisotopic (exact) mass is 303 g/mol. The Balaban J connectivity index is 1.81. The Morgan fingerprint density at radius 2 is 2.10 bits per heavy atom. The van der Waals surface area contributed by atoms with Crippen LogP contribution >= 0.6 is 11.8 Å². The zero-order valence-electron chi connectivity index (χ0n) is 11.8. The van der Waals surface area contributed by atoms with Crippen LogP contribution in [0.5, 0.6) is 5.75 Å². The fourth-order valence-electron chi connectivity index (χ4n) is 2.79. The molecule has 2 aromatic rings. The molecule has 110 valence electrons. The van der Waals surface area contributed by atoms with Gasteiger partial charge in [0.15, 0.2) is 0 Å². The molecule has 0 aliphatic carbocycles. The molecule has 0 radical (unpaired) electrons. The molecule has 1 heterocycles. The van der Waals surface area contributed by atoms with Crippen molar-refractivity contribution < 1.29 is 9.50 Å². The van der Waals surface area contributed by atoms with Crippen LogP contribution in [0.15, 0.2) is 47.4 Å². The summed E-state index contributed by atoms with van der Waals surface area (Å²) in [6.45, 7) is 2.00. The minimum atomic E-state index is -0.414. The van der Waals surface area contributed by atoms with Crippen molar-refractivity contribution in [3.63, 3.8) is 0 Å². The Labute approximate surface area is 128 Å². The van der Waals surface area contributed by atoms with Gasteiger partial charge in [0.2, 0.25) is 0 Å². The number of benzene rings is 2. The van der Waals surface area contributed by atoms with Crippen LogP contribution < -0.4 is 5.32 Å². The van der Waals surface area contributed by atoms with E-state index >= 15 is 0 Å². The van der Waals surface area contributed by atoms with Gasteiger partial charge in [-0.15, -0.1) is 11.8 Å². The number of phenols is 1. The Morgan fingerprint density at radius 3 is 2.90 bits per heavy atom. The van der Waals surface area contributed by atoms with E-state index in [4.69, 9.17) is 0 Å². The van der Waals surface area contributed by atoms with Gasteiger partial charge < -0.3 is 10.4 Å². The summed E-state index contributed by atoms with van der Waals surface area (Å²) in [4.78, 5) is 1.32. The first-order chi connectivity index (χ1) is 10.1. The first kappa shape index (κ1) is 14.4. The second-order valence-corrected chi connectivity index (χ2v) is 6.46. The number of phenolic OH excluding ortho intramolecular Hbond substituents is 1. The number of hydrogen-bond donors (Lipinski definition) is 2. The highest BCUT2D eigenvalue weighted by atomic mass is 32.2. The summed E-state index contributed by atoms with van der Waals surface area (Å²) in [6, 6.07) is 12.8. The van der Waals surface area contributed by atoms with E-state index in [2.05, 4.69) is 29.6 Å². The predicted octanol–water partition coefficient (Wildman–Crippen LogP) is 4.42. The maximum atomic E-state index is 13.1. The molecule has 0 amide bonds. The molecule has 0 aromatic heterocycles. The zero-order chi connectivity index (χ0) is 14.8. The number of rotatable bonds is 3. The molecule has 21 heavy (non-hydrogen) atoms. The normalized spacial score (nSPS) is 19.0. The topological polar surface area (TPSA) is 32.3 Å². The third-order valence-electron chi connectivity index (χ3n) is 3.87. The first-order valence-electron chi connectivity index (χ1n) is 7.11. The van der Waals surface area contributed by atoms with Crippen LogP contribution in [0, 0.1) is 5.82 Å². The highest BCUT2D eigenvalue weighted by Gasteiger charge is 2.22. The van der Waals surface area contributed by atoms with E-state index in [0.29, 0.717) is 0 Å². The Morgan fingerprint density at radius 1 is 1.29 bits per heavy atom. The van der Waals surface area contributed by atoms with Gasteiger partial charge in [0.05, 0.1) is 0 Å². The molecule has 3 rings (SSSR count). The van der Waals surface area contributed by atoms with Crippen LogP contribution in [-0.4, -0.2) is 10.9 Å². The lowest BCUT2D eigenvalue weighted by Crippen LogP contribution is -2.27. The van der Waals surface area contributed by atoms with Gasteiger partial charge >= 0.3 is 0 Å². The van der Waals surface area contributed by atoms with E-state index in [9.17, 15) is 9.50 Å². The van der Waals surface area contributed by atoms with Crippen molar-refractivity contribution in [3.05, 3.63) is 59.4 Å². The molecule has 0 fully saturated rings. The molecule has 2 N–H and O–H groups in total. The van der Waals surface area contributed by atoms with Crippen molar-refractivity contribution in [1.29, 1.82) is 0 Å². The summed E-state index contributed by atoms with van der Waals surface area (Å²) in [5.41, 5.74) is 2.04. The van der Waals surface area contributed by atoms with Gasteiger partial charge in [-0.05, 0) is 36.8 Å². The second-order valence-electron chi connectivity index (χ2n) is 5.32. The third-order valence-corrected chi connectivity index (χ3v) is 4.99. The van der Waals surface area contributed by atoms with E-state index in [-0.39, 0.29) is 17.8 Å². The number of fused-ring (bicyclic) bond motifs is 1. The van der Waals surface area contributed by atoms with E-state index in [1.165, 1.54) is 16.5 Å². The predicted molar refractivity (Wildman–Crippen MR) is 84.1 cm³/mol.